The number of nitrogens with one attached hydrogen (secondary N) is 1. The third-order valence-electron chi connectivity index (χ3n) is 6.67. The van der Waals surface area contributed by atoms with Crippen molar-refractivity contribution in [2.45, 2.75) is 59.0 Å². The van der Waals surface area contributed by atoms with Crippen molar-refractivity contribution in [3.8, 4) is 0 Å². The number of benzene rings is 3. The first kappa shape index (κ1) is 30.8. The van der Waals surface area contributed by atoms with Crippen molar-refractivity contribution in [1.82, 2.24) is 10.2 Å². The van der Waals surface area contributed by atoms with E-state index in [0.717, 1.165) is 15.4 Å². The maximum absolute atomic E-state index is 14.7. The molecular formula is C31H38FN3O4S. The van der Waals surface area contributed by atoms with Gasteiger partial charge in [-0.25, -0.2) is 12.8 Å². The molecule has 214 valence electrons. The van der Waals surface area contributed by atoms with E-state index in [1.54, 1.807) is 56.3 Å². The van der Waals surface area contributed by atoms with Gasteiger partial charge in [-0.05, 0) is 69.0 Å². The highest BCUT2D eigenvalue weighted by Crippen LogP contribution is 2.29. The third-order valence-corrected chi connectivity index (χ3v) is 8.45. The van der Waals surface area contributed by atoms with Gasteiger partial charge in [0, 0.05) is 18.7 Å². The summed E-state index contributed by atoms with van der Waals surface area (Å²) in [6, 6.07) is 16.8. The van der Waals surface area contributed by atoms with Crippen LogP contribution in [0.25, 0.3) is 0 Å². The van der Waals surface area contributed by atoms with Crippen molar-refractivity contribution >= 4 is 27.5 Å². The SMILES string of the molecule is Cc1ccc(S(=O)(=O)N(CC(=O)N(Cc2ccccc2F)C(C)C(=O)NCC(C)C)c2cc(C)ccc2C)cc1. The molecule has 0 aromatic heterocycles. The lowest BCUT2D eigenvalue weighted by atomic mass is 10.1. The molecule has 0 bridgehead atoms. The molecule has 3 rings (SSSR count). The van der Waals surface area contributed by atoms with Gasteiger partial charge in [0.25, 0.3) is 10.0 Å². The summed E-state index contributed by atoms with van der Waals surface area (Å²) in [4.78, 5) is 28.3. The lowest BCUT2D eigenvalue weighted by Gasteiger charge is -2.32. The first-order valence-electron chi connectivity index (χ1n) is 13.3. The second-order valence-electron chi connectivity index (χ2n) is 10.5. The van der Waals surface area contributed by atoms with Crippen molar-refractivity contribution < 1.29 is 22.4 Å². The molecule has 0 aliphatic heterocycles. The molecule has 0 saturated heterocycles. The van der Waals surface area contributed by atoms with Gasteiger partial charge in [0.1, 0.15) is 18.4 Å². The van der Waals surface area contributed by atoms with E-state index in [0.29, 0.717) is 17.8 Å². The summed E-state index contributed by atoms with van der Waals surface area (Å²) in [6.07, 6.45) is 0. The quantitative estimate of drug-likeness (QED) is 0.348. The van der Waals surface area contributed by atoms with Gasteiger partial charge in [-0.2, -0.15) is 0 Å². The van der Waals surface area contributed by atoms with Crippen LogP contribution in [0.1, 0.15) is 43.0 Å². The van der Waals surface area contributed by atoms with Crippen LogP contribution >= 0.6 is 0 Å². The van der Waals surface area contributed by atoms with E-state index in [-0.39, 0.29) is 22.9 Å². The minimum absolute atomic E-state index is 0.0372. The zero-order valence-corrected chi connectivity index (χ0v) is 24.8. The summed E-state index contributed by atoms with van der Waals surface area (Å²) >= 11 is 0. The van der Waals surface area contributed by atoms with Gasteiger partial charge in [0.2, 0.25) is 11.8 Å². The summed E-state index contributed by atoms with van der Waals surface area (Å²) in [6.45, 7) is 10.6. The van der Waals surface area contributed by atoms with Gasteiger partial charge in [-0.3, -0.25) is 13.9 Å². The molecular weight excluding hydrogens is 529 g/mol. The summed E-state index contributed by atoms with van der Waals surface area (Å²) < 4.78 is 43.7. The molecule has 0 radical (unpaired) electrons. The van der Waals surface area contributed by atoms with Crippen molar-refractivity contribution in [2.24, 2.45) is 5.92 Å². The highest BCUT2D eigenvalue weighted by atomic mass is 32.2. The number of rotatable bonds is 11. The average molecular weight is 568 g/mol. The molecule has 0 fully saturated rings. The van der Waals surface area contributed by atoms with E-state index in [1.165, 1.54) is 23.1 Å². The van der Waals surface area contributed by atoms with Gasteiger partial charge >= 0.3 is 0 Å². The fourth-order valence-electron chi connectivity index (χ4n) is 4.18. The van der Waals surface area contributed by atoms with E-state index in [9.17, 15) is 22.4 Å². The molecule has 2 amide bonds. The molecule has 3 aromatic rings. The first-order chi connectivity index (χ1) is 18.8. The Morgan fingerprint density at radius 3 is 2.15 bits per heavy atom. The Morgan fingerprint density at radius 1 is 0.900 bits per heavy atom. The average Bonchev–Trinajstić information content (AvgIpc) is 2.91. The third kappa shape index (κ3) is 7.47. The zero-order valence-electron chi connectivity index (χ0n) is 23.9. The smallest absolute Gasteiger partial charge is 0.264 e. The van der Waals surface area contributed by atoms with Crippen molar-refractivity contribution in [1.29, 1.82) is 0 Å². The van der Waals surface area contributed by atoms with Crippen LogP contribution < -0.4 is 9.62 Å². The van der Waals surface area contributed by atoms with Gasteiger partial charge in [0.05, 0.1) is 10.6 Å². The Kier molecular flexibility index (Phi) is 10.1. The Labute approximate surface area is 237 Å². The Morgan fingerprint density at radius 2 is 1.52 bits per heavy atom. The van der Waals surface area contributed by atoms with Crippen LogP contribution in [0.5, 0.6) is 0 Å². The number of anilines is 1. The van der Waals surface area contributed by atoms with Crippen LogP contribution in [0.2, 0.25) is 0 Å². The molecule has 7 nitrogen and oxygen atoms in total. The van der Waals surface area contributed by atoms with E-state index < -0.39 is 40.2 Å². The molecule has 40 heavy (non-hydrogen) atoms. The monoisotopic (exact) mass is 567 g/mol. The molecule has 0 aliphatic rings. The fraction of sp³-hybridized carbons (Fsp3) is 0.355. The first-order valence-corrected chi connectivity index (χ1v) is 14.7. The number of nitrogens with zero attached hydrogens (tertiary/aromatic N) is 2. The Hall–Kier alpha value is -3.72. The van der Waals surface area contributed by atoms with Crippen LogP contribution in [-0.4, -0.2) is 44.3 Å². The van der Waals surface area contributed by atoms with Gasteiger partial charge < -0.3 is 10.2 Å². The number of aryl methyl sites for hydroxylation is 3. The summed E-state index contributed by atoms with van der Waals surface area (Å²) in [5.74, 6) is -1.37. The number of halogens is 1. The van der Waals surface area contributed by atoms with Crippen LogP contribution in [0.4, 0.5) is 10.1 Å². The van der Waals surface area contributed by atoms with E-state index >= 15 is 0 Å². The minimum atomic E-state index is -4.18. The van der Waals surface area contributed by atoms with Crippen LogP contribution in [0.3, 0.4) is 0 Å². The molecule has 0 aliphatic carbocycles. The summed E-state index contributed by atoms with van der Waals surface area (Å²) in [5.41, 5.74) is 2.96. The highest BCUT2D eigenvalue weighted by Gasteiger charge is 2.33. The Bertz CT molecular complexity index is 1460. The van der Waals surface area contributed by atoms with Gasteiger partial charge in [-0.1, -0.05) is 61.9 Å². The highest BCUT2D eigenvalue weighted by molar-refractivity contribution is 7.92. The lowest BCUT2D eigenvalue weighted by Crippen LogP contribution is -2.51. The molecule has 9 heteroatoms. The summed E-state index contributed by atoms with van der Waals surface area (Å²) in [5, 5.41) is 2.82. The number of hydrogen-bond donors (Lipinski definition) is 1. The van der Waals surface area contributed by atoms with Gasteiger partial charge in [0.15, 0.2) is 0 Å². The van der Waals surface area contributed by atoms with Crippen molar-refractivity contribution in [3.05, 3.63) is 94.8 Å². The molecule has 0 saturated carbocycles. The molecule has 0 spiro atoms. The maximum atomic E-state index is 14.7. The van der Waals surface area contributed by atoms with Crippen molar-refractivity contribution in [3.63, 3.8) is 0 Å². The number of hydrogen-bond acceptors (Lipinski definition) is 4. The topological polar surface area (TPSA) is 86.8 Å². The number of amides is 2. The molecule has 0 heterocycles. The zero-order chi connectivity index (χ0) is 29.6. The number of carbonyl (C=O) groups is 2. The predicted octanol–water partition coefficient (Wildman–Crippen LogP) is 5.14. The minimum Gasteiger partial charge on any atom is -0.354 e. The normalized spacial score (nSPS) is 12.2. The number of carbonyl (C=O) groups excluding carboxylic acids is 2. The fourth-order valence-corrected chi connectivity index (χ4v) is 5.65. The molecule has 3 aromatic carbocycles. The van der Waals surface area contributed by atoms with Crippen molar-refractivity contribution in [2.75, 3.05) is 17.4 Å². The van der Waals surface area contributed by atoms with Crippen LogP contribution in [0.15, 0.2) is 71.6 Å². The summed E-state index contributed by atoms with van der Waals surface area (Å²) in [7, 11) is -4.18. The predicted molar refractivity (Wildman–Crippen MR) is 156 cm³/mol. The molecule has 1 unspecified atom stereocenters. The standard InChI is InChI=1S/C31H38FN3O4S/c1-21(2)18-33-31(37)25(6)34(19-26-9-7-8-10-28(26)32)30(36)20-35(29-17-23(4)11-14-24(29)5)40(38,39)27-15-12-22(3)13-16-27/h7-17,21,25H,18-20H2,1-6H3,(H,33,37). The maximum Gasteiger partial charge on any atom is 0.264 e. The molecule has 1 atom stereocenters. The molecule has 1 N–H and O–H groups in total. The second kappa shape index (κ2) is 13.1. The van der Waals surface area contributed by atoms with E-state index in [4.69, 9.17) is 0 Å². The van der Waals surface area contributed by atoms with Gasteiger partial charge in [-0.15, -0.1) is 0 Å². The van der Waals surface area contributed by atoms with Crippen LogP contribution in [-0.2, 0) is 26.2 Å². The largest absolute Gasteiger partial charge is 0.354 e. The van der Waals surface area contributed by atoms with E-state index in [1.807, 2.05) is 33.8 Å². The Balaban J connectivity index is 2.07. The number of sulfonamides is 1. The second-order valence-corrected chi connectivity index (χ2v) is 12.4. The lowest BCUT2D eigenvalue weighted by molar-refractivity contribution is -0.139. The van der Waals surface area contributed by atoms with E-state index in [2.05, 4.69) is 5.32 Å². The van der Waals surface area contributed by atoms with Crippen LogP contribution in [0, 0.1) is 32.5 Å².